The second-order valence-electron chi connectivity index (χ2n) is 5.79. The number of epoxide rings is 1. The van der Waals surface area contributed by atoms with E-state index >= 15 is 0 Å². The van der Waals surface area contributed by atoms with Gasteiger partial charge in [-0.2, -0.15) is 0 Å². The number of benzene rings is 2. The molecule has 128 valence electrons. The molecular formula is C17H12ClF2N3OS. The predicted molar refractivity (Wildman–Crippen MR) is 90.7 cm³/mol. The third-order valence-corrected chi connectivity index (χ3v) is 4.92. The fraction of sp³-hybridized carbons (Fsp3) is 0.176. The minimum atomic E-state index is -0.885. The monoisotopic (exact) mass is 379 g/mol. The first-order chi connectivity index (χ1) is 12.0. The highest BCUT2D eigenvalue weighted by atomic mass is 35.5. The molecule has 0 saturated carbocycles. The number of halogens is 3. The summed E-state index contributed by atoms with van der Waals surface area (Å²) in [5.41, 5.74) is 0.182. The van der Waals surface area contributed by atoms with Gasteiger partial charge >= 0.3 is 0 Å². The Morgan fingerprint density at radius 2 is 2.00 bits per heavy atom. The fourth-order valence-corrected chi connectivity index (χ4v) is 3.36. The summed E-state index contributed by atoms with van der Waals surface area (Å²) in [5, 5.41) is 2.94. The Bertz CT molecular complexity index is 988. The number of rotatable bonds is 4. The third kappa shape index (κ3) is 2.78. The summed E-state index contributed by atoms with van der Waals surface area (Å²) >= 11 is 11.1. The van der Waals surface area contributed by atoms with Crippen molar-refractivity contribution in [3.8, 4) is 0 Å². The number of H-pyrrole nitrogens is 1. The van der Waals surface area contributed by atoms with E-state index in [0.29, 0.717) is 10.3 Å². The van der Waals surface area contributed by atoms with Crippen LogP contribution in [0.4, 0.5) is 8.78 Å². The maximum absolute atomic E-state index is 14.5. The number of nitrogens with zero attached hydrogens (tertiary/aromatic N) is 2. The summed E-state index contributed by atoms with van der Waals surface area (Å²) in [6.45, 7) is 0.286. The summed E-state index contributed by atoms with van der Waals surface area (Å²) in [6.07, 6.45) is 0.903. The van der Waals surface area contributed by atoms with E-state index in [4.69, 9.17) is 28.6 Å². The first-order valence-electron chi connectivity index (χ1n) is 7.49. The Morgan fingerprint density at radius 3 is 2.68 bits per heavy atom. The average Bonchev–Trinajstić information content (AvgIpc) is 3.18. The van der Waals surface area contributed by atoms with Crippen LogP contribution in [-0.2, 0) is 16.9 Å². The van der Waals surface area contributed by atoms with Crippen LogP contribution in [-0.4, -0.2) is 14.8 Å². The van der Waals surface area contributed by atoms with Gasteiger partial charge in [0.25, 0.3) is 0 Å². The number of hydrogen-bond donors (Lipinski definition) is 1. The highest BCUT2D eigenvalue weighted by Gasteiger charge is 2.60. The first-order valence-corrected chi connectivity index (χ1v) is 8.28. The van der Waals surface area contributed by atoms with Crippen LogP contribution < -0.4 is 0 Å². The molecule has 2 atom stereocenters. The van der Waals surface area contributed by atoms with Crippen molar-refractivity contribution in [1.29, 1.82) is 0 Å². The first kappa shape index (κ1) is 16.4. The molecule has 0 unspecified atom stereocenters. The molecular weight excluding hydrogens is 368 g/mol. The molecule has 25 heavy (non-hydrogen) atoms. The second-order valence-corrected chi connectivity index (χ2v) is 6.57. The molecule has 2 aromatic carbocycles. The molecule has 4 rings (SSSR count). The van der Waals surface area contributed by atoms with Gasteiger partial charge in [-0.05, 0) is 36.0 Å². The predicted octanol–water partition coefficient (Wildman–Crippen LogP) is 4.54. The lowest BCUT2D eigenvalue weighted by molar-refractivity contribution is 0.261. The van der Waals surface area contributed by atoms with Crippen LogP contribution in [0.5, 0.6) is 0 Å². The zero-order valence-electron chi connectivity index (χ0n) is 12.7. The van der Waals surface area contributed by atoms with E-state index in [1.54, 1.807) is 28.9 Å². The number of ether oxygens (including phenoxy) is 1. The second kappa shape index (κ2) is 6.01. The van der Waals surface area contributed by atoms with Crippen molar-refractivity contribution in [3.63, 3.8) is 0 Å². The third-order valence-electron chi connectivity index (χ3n) is 4.30. The van der Waals surface area contributed by atoms with E-state index in [1.165, 1.54) is 24.5 Å². The molecule has 8 heteroatoms. The Hall–Kier alpha value is -2.09. The zero-order valence-corrected chi connectivity index (χ0v) is 14.3. The number of aromatic amines is 1. The topological polar surface area (TPSA) is 46.1 Å². The van der Waals surface area contributed by atoms with Crippen LogP contribution >= 0.6 is 23.8 Å². The van der Waals surface area contributed by atoms with Crippen molar-refractivity contribution < 1.29 is 13.5 Å². The molecule has 0 bridgehead atoms. The molecule has 0 radical (unpaired) electrons. The normalized spacial score (nSPS) is 22.1. The lowest BCUT2D eigenvalue weighted by Crippen LogP contribution is -2.20. The van der Waals surface area contributed by atoms with Gasteiger partial charge in [-0.1, -0.05) is 35.9 Å². The maximum Gasteiger partial charge on any atom is 0.215 e. The minimum Gasteiger partial charge on any atom is -0.354 e. The van der Waals surface area contributed by atoms with Gasteiger partial charge in [-0.15, -0.1) is 0 Å². The Balaban J connectivity index is 1.79. The molecule has 1 N–H and O–H groups in total. The van der Waals surface area contributed by atoms with Crippen molar-refractivity contribution in [2.75, 3.05) is 0 Å². The van der Waals surface area contributed by atoms with Crippen LogP contribution in [0.3, 0.4) is 0 Å². The van der Waals surface area contributed by atoms with Gasteiger partial charge in [0.05, 0.1) is 11.6 Å². The Morgan fingerprint density at radius 1 is 1.24 bits per heavy atom. The Kier molecular flexibility index (Phi) is 3.94. The summed E-state index contributed by atoms with van der Waals surface area (Å²) in [7, 11) is 0. The lowest BCUT2D eigenvalue weighted by Gasteiger charge is -2.15. The summed E-state index contributed by atoms with van der Waals surface area (Å²) in [6, 6.07) is 10.7. The number of nitrogens with one attached hydrogen (secondary N) is 1. The number of hydrogen-bond acceptors (Lipinski definition) is 3. The van der Waals surface area contributed by atoms with Crippen molar-refractivity contribution in [1.82, 2.24) is 14.8 Å². The molecule has 2 heterocycles. The van der Waals surface area contributed by atoms with Crippen molar-refractivity contribution >= 4 is 23.8 Å². The van der Waals surface area contributed by atoms with Crippen molar-refractivity contribution in [2.45, 2.75) is 18.2 Å². The van der Waals surface area contributed by atoms with Crippen LogP contribution in [0.2, 0.25) is 5.02 Å². The highest BCUT2D eigenvalue weighted by Crippen LogP contribution is 2.58. The molecule has 1 aromatic heterocycles. The van der Waals surface area contributed by atoms with E-state index in [-0.39, 0.29) is 17.4 Å². The van der Waals surface area contributed by atoms with Crippen LogP contribution in [0.15, 0.2) is 48.8 Å². The minimum absolute atomic E-state index is 0.0270. The van der Waals surface area contributed by atoms with Gasteiger partial charge in [-0.25, -0.2) is 13.8 Å². The standard InChI is InChI=1S/C17H12ClF2N3OS/c18-13-3-1-2-12(14(13)20)15-17(24-15,8-23-16(25)21-9-22-23)10-4-6-11(19)7-5-10/h1-7,9,15H,8H2,(H,21,22,25)/t15-,17-/m1/s1. The van der Waals surface area contributed by atoms with Crippen LogP contribution in [0.1, 0.15) is 17.2 Å². The Labute approximate surface area is 152 Å². The summed E-state index contributed by atoms with van der Waals surface area (Å²) in [5.74, 6) is -0.880. The van der Waals surface area contributed by atoms with E-state index in [2.05, 4.69) is 10.1 Å². The van der Waals surface area contributed by atoms with E-state index in [9.17, 15) is 8.78 Å². The molecule has 1 aliphatic rings. The molecule has 1 aliphatic heterocycles. The van der Waals surface area contributed by atoms with Gasteiger partial charge in [0, 0.05) is 5.56 Å². The van der Waals surface area contributed by atoms with Gasteiger partial charge in [0.15, 0.2) is 0 Å². The zero-order chi connectivity index (χ0) is 17.6. The maximum atomic E-state index is 14.5. The smallest absolute Gasteiger partial charge is 0.215 e. The van der Waals surface area contributed by atoms with E-state index in [1.807, 2.05) is 0 Å². The van der Waals surface area contributed by atoms with E-state index < -0.39 is 17.5 Å². The molecule has 1 fully saturated rings. The quantitative estimate of drug-likeness (QED) is 0.534. The largest absolute Gasteiger partial charge is 0.354 e. The summed E-state index contributed by atoms with van der Waals surface area (Å²) in [4.78, 5) is 3.98. The van der Waals surface area contributed by atoms with E-state index in [0.717, 1.165) is 5.56 Å². The lowest BCUT2D eigenvalue weighted by atomic mass is 9.91. The average molecular weight is 380 g/mol. The molecule has 0 amide bonds. The van der Waals surface area contributed by atoms with Crippen LogP contribution in [0, 0.1) is 16.4 Å². The highest BCUT2D eigenvalue weighted by molar-refractivity contribution is 7.71. The van der Waals surface area contributed by atoms with Gasteiger partial charge in [0.2, 0.25) is 4.77 Å². The fourth-order valence-electron chi connectivity index (χ4n) is 3.00. The van der Waals surface area contributed by atoms with Gasteiger partial charge < -0.3 is 4.74 Å². The van der Waals surface area contributed by atoms with Gasteiger partial charge in [0.1, 0.15) is 29.7 Å². The SMILES string of the molecule is Fc1ccc([C@@]2(Cn3[nH]cnc3=S)O[C@@H]2c2cccc(Cl)c2F)cc1. The van der Waals surface area contributed by atoms with Crippen molar-refractivity contribution in [3.05, 3.63) is 81.3 Å². The molecule has 0 aliphatic carbocycles. The summed E-state index contributed by atoms with van der Waals surface area (Å²) < 4.78 is 35.7. The van der Waals surface area contributed by atoms with Crippen molar-refractivity contribution in [2.24, 2.45) is 0 Å². The molecule has 4 nitrogen and oxygen atoms in total. The molecule has 0 spiro atoms. The van der Waals surface area contributed by atoms with Gasteiger partial charge in [-0.3, -0.25) is 9.78 Å². The van der Waals surface area contributed by atoms with Crippen LogP contribution in [0.25, 0.3) is 0 Å². The molecule has 1 saturated heterocycles. The number of aromatic nitrogens is 3. The molecule has 3 aromatic rings.